The van der Waals surface area contributed by atoms with Gasteiger partial charge in [-0.05, 0) is 31.5 Å². The molecule has 0 radical (unpaired) electrons. The van der Waals surface area contributed by atoms with Crippen molar-refractivity contribution in [2.24, 2.45) is 5.73 Å². The minimum absolute atomic E-state index is 0.0527. The summed E-state index contributed by atoms with van der Waals surface area (Å²) >= 11 is 4.48. The van der Waals surface area contributed by atoms with E-state index in [-0.39, 0.29) is 18.2 Å². The van der Waals surface area contributed by atoms with Gasteiger partial charge in [0.2, 0.25) is 0 Å². The van der Waals surface area contributed by atoms with Crippen LogP contribution in [0.5, 0.6) is 0 Å². The molecule has 1 atom stereocenters. The minimum Gasteiger partial charge on any atom is -0.449 e. The van der Waals surface area contributed by atoms with Crippen molar-refractivity contribution in [2.75, 3.05) is 13.2 Å². The van der Waals surface area contributed by atoms with Crippen LogP contribution in [0.15, 0.2) is 18.2 Å². The maximum atomic E-state index is 14.0. The molecule has 0 bridgehead atoms. The molecule has 1 rings (SSSR count). The summed E-state index contributed by atoms with van der Waals surface area (Å²) in [7, 11) is 0. The monoisotopic (exact) mass is 546 g/mol. The Labute approximate surface area is 195 Å². The maximum absolute atomic E-state index is 14.0. The molecule has 0 aliphatic rings. The Kier molecular flexibility index (Phi) is 11.0. The number of benzene rings is 1. The van der Waals surface area contributed by atoms with Crippen molar-refractivity contribution in [3.8, 4) is 0 Å². The standard InChI is InChI=1S/C14H14F6N2O2.C4H2ClF3O3/c1-3-22(12(24)11(21)23)7(2)9-5-4-8(6-10(9)15)13(16,17)14(18,19)20;5-2(9)3(10)11-1-4(6,7)8/h4-7H,3H2,1-2H3,(H2,21,23);1H2. The molecule has 7 nitrogen and oxygen atoms in total. The Balaban J connectivity index is 0.000000883. The van der Waals surface area contributed by atoms with E-state index in [0.29, 0.717) is 12.1 Å². The lowest BCUT2D eigenvalue weighted by Gasteiger charge is -2.28. The van der Waals surface area contributed by atoms with Gasteiger partial charge < -0.3 is 15.4 Å². The fraction of sp³-hybridized carbons (Fsp3) is 0.444. The fourth-order valence-corrected chi connectivity index (χ4v) is 2.39. The van der Waals surface area contributed by atoms with Gasteiger partial charge in [0.1, 0.15) is 5.82 Å². The van der Waals surface area contributed by atoms with Crippen LogP contribution in [0.1, 0.15) is 31.0 Å². The summed E-state index contributed by atoms with van der Waals surface area (Å²) in [4.78, 5) is 43.2. The molecule has 1 aromatic carbocycles. The van der Waals surface area contributed by atoms with Crippen molar-refractivity contribution in [1.82, 2.24) is 4.90 Å². The van der Waals surface area contributed by atoms with Crippen LogP contribution >= 0.6 is 11.6 Å². The van der Waals surface area contributed by atoms with Crippen molar-refractivity contribution in [1.29, 1.82) is 0 Å². The molecule has 0 aromatic heterocycles. The van der Waals surface area contributed by atoms with Gasteiger partial charge in [0.25, 0.3) is 0 Å². The lowest BCUT2D eigenvalue weighted by atomic mass is 10.0. The molecule has 0 fully saturated rings. The molecule has 198 valence electrons. The van der Waals surface area contributed by atoms with Crippen LogP contribution in [0.4, 0.5) is 39.5 Å². The van der Waals surface area contributed by atoms with E-state index in [2.05, 4.69) is 16.3 Å². The molecule has 0 spiro atoms. The number of esters is 1. The lowest BCUT2D eigenvalue weighted by molar-refractivity contribution is -0.289. The van der Waals surface area contributed by atoms with Gasteiger partial charge in [0.15, 0.2) is 6.61 Å². The summed E-state index contributed by atoms with van der Waals surface area (Å²) in [6.45, 7) is 0.888. The Hall–Kier alpha value is -3.04. The number of primary amides is 1. The number of hydrogen-bond donors (Lipinski definition) is 1. The number of likely N-dealkylation sites (N-methyl/N-ethyl adjacent to an activating group) is 1. The van der Waals surface area contributed by atoms with Crippen molar-refractivity contribution in [3.05, 3.63) is 35.1 Å². The average Bonchev–Trinajstić information content (AvgIpc) is 2.71. The molecule has 0 saturated heterocycles. The summed E-state index contributed by atoms with van der Waals surface area (Å²) in [5.74, 6) is -10.7. The number of alkyl halides is 8. The van der Waals surface area contributed by atoms with E-state index in [4.69, 9.17) is 5.73 Å². The number of hydrogen-bond acceptors (Lipinski definition) is 5. The molecule has 1 aromatic rings. The Morgan fingerprint density at radius 3 is 1.91 bits per heavy atom. The van der Waals surface area contributed by atoms with Gasteiger partial charge in [-0.3, -0.25) is 14.4 Å². The van der Waals surface area contributed by atoms with Gasteiger partial charge in [-0.25, -0.2) is 9.18 Å². The van der Waals surface area contributed by atoms with E-state index in [1.165, 1.54) is 13.8 Å². The largest absolute Gasteiger partial charge is 0.458 e. The van der Waals surface area contributed by atoms with Crippen LogP contribution in [-0.4, -0.2) is 53.4 Å². The predicted octanol–water partition coefficient (Wildman–Crippen LogP) is 3.73. The number of nitrogens with two attached hydrogens (primary N) is 1. The second kappa shape index (κ2) is 12.1. The van der Waals surface area contributed by atoms with Gasteiger partial charge in [0.05, 0.1) is 6.04 Å². The zero-order valence-corrected chi connectivity index (χ0v) is 18.3. The minimum atomic E-state index is -5.87. The molecule has 2 amide bonds. The zero-order valence-electron chi connectivity index (χ0n) is 17.6. The van der Waals surface area contributed by atoms with Gasteiger partial charge in [0, 0.05) is 17.7 Å². The van der Waals surface area contributed by atoms with E-state index in [0.717, 1.165) is 4.90 Å². The number of nitrogens with zero attached hydrogens (tertiary/aromatic N) is 1. The lowest BCUT2D eigenvalue weighted by Crippen LogP contribution is -2.41. The van der Waals surface area contributed by atoms with Gasteiger partial charge in [-0.1, -0.05) is 12.1 Å². The first-order valence-electron chi connectivity index (χ1n) is 8.95. The van der Waals surface area contributed by atoms with E-state index in [1.54, 1.807) is 0 Å². The molecule has 0 saturated carbocycles. The van der Waals surface area contributed by atoms with Crippen molar-refractivity contribution in [3.63, 3.8) is 0 Å². The van der Waals surface area contributed by atoms with E-state index < -0.39 is 65.3 Å². The van der Waals surface area contributed by atoms with Crippen LogP contribution in [0, 0.1) is 5.82 Å². The molecule has 0 heterocycles. The van der Waals surface area contributed by atoms with Crippen molar-refractivity contribution in [2.45, 2.75) is 38.2 Å². The Morgan fingerprint density at radius 1 is 1.06 bits per heavy atom. The number of rotatable bonds is 6. The quantitative estimate of drug-likeness (QED) is 0.253. The van der Waals surface area contributed by atoms with E-state index >= 15 is 0 Å². The summed E-state index contributed by atoms with van der Waals surface area (Å²) < 4.78 is 115. The molecule has 0 aliphatic heterocycles. The number of carbonyl (C=O) groups is 4. The SMILES string of the molecule is CCN(C(=O)C(N)=O)C(C)c1ccc(C(F)(F)C(F)(F)F)cc1F.O=C(Cl)C(=O)OCC(F)(F)F. The van der Waals surface area contributed by atoms with E-state index in [1.807, 2.05) is 0 Å². The smallest absolute Gasteiger partial charge is 0.449 e. The fourth-order valence-electron chi connectivity index (χ4n) is 2.33. The highest BCUT2D eigenvalue weighted by atomic mass is 35.5. The van der Waals surface area contributed by atoms with Gasteiger partial charge in [-0.2, -0.15) is 35.1 Å². The van der Waals surface area contributed by atoms with Gasteiger partial charge >= 0.3 is 41.3 Å². The average molecular weight is 547 g/mol. The number of amides is 2. The number of carbonyl (C=O) groups excluding carboxylic acids is 4. The second-order valence-corrected chi connectivity index (χ2v) is 6.75. The third-order valence-electron chi connectivity index (χ3n) is 3.98. The van der Waals surface area contributed by atoms with Gasteiger partial charge in [-0.15, -0.1) is 0 Å². The Bertz CT molecular complexity index is 951. The summed E-state index contributed by atoms with van der Waals surface area (Å²) in [5.41, 5.74) is 2.96. The van der Waals surface area contributed by atoms with Crippen LogP contribution < -0.4 is 5.73 Å². The predicted molar refractivity (Wildman–Crippen MR) is 99.2 cm³/mol. The molecular weight excluding hydrogens is 531 g/mol. The highest BCUT2D eigenvalue weighted by Crippen LogP contribution is 2.44. The molecule has 1 unspecified atom stereocenters. The van der Waals surface area contributed by atoms with Crippen molar-refractivity contribution >= 4 is 34.6 Å². The summed E-state index contributed by atoms with van der Waals surface area (Å²) in [5, 5.41) is -1.57. The summed E-state index contributed by atoms with van der Waals surface area (Å²) in [6, 6.07) is 0.0993. The molecule has 17 heteroatoms. The zero-order chi connectivity index (χ0) is 27.9. The van der Waals surface area contributed by atoms with Crippen LogP contribution in [-0.2, 0) is 29.8 Å². The molecule has 2 N–H and O–H groups in total. The first kappa shape index (κ1) is 32.0. The first-order chi connectivity index (χ1) is 15.7. The highest BCUT2D eigenvalue weighted by Gasteiger charge is 2.58. The third-order valence-corrected chi connectivity index (χ3v) is 4.13. The van der Waals surface area contributed by atoms with Crippen LogP contribution in [0.3, 0.4) is 0 Å². The normalized spacial score (nSPS) is 12.7. The van der Waals surface area contributed by atoms with Crippen LogP contribution in [0.25, 0.3) is 0 Å². The van der Waals surface area contributed by atoms with E-state index in [9.17, 15) is 58.7 Å². The third kappa shape index (κ3) is 9.26. The maximum Gasteiger partial charge on any atom is 0.458 e. The molecular formula is C18H16ClF9N2O5. The van der Waals surface area contributed by atoms with Crippen LogP contribution in [0.2, 0.25) is 0 Å². The topological polar surface area (TPSA) is 107 Å². The Morgan fingerprint density at radius 2 is 1.57 bits per heavy atom. The first-order valence-corrected chi connectivity index (χ1v) is 9.33. The highest BCUT2D eigenvalue weighted by molar-refractivity contribution is 6.80. The number of halogens is 10. The number of ether oxygens (including phenoxy) is 1. The second-order valence-electron chi connectivity index (χ2n) is 6.40. The molecule has 35 heavy (non-hydrogen) atoms. The molecule has 0 aliphatic carbocycles. The van der Waals surface area contributed by atoms with Crippen molar-refractivity contribution < 1.29 is 63.4 Å². The summed E-state index contributed by atoms with van der Waals surface area (Å²) in [6.07, 6.45) is -10.5.